The molecule has 2 N–H and O–H groups in total. The maximum atomic E-state index is 14.1. The van der Waals surface area contributed by atoms with E-state index in [4.69, 9.17) is 5.10 Å². The highest BCUT2D eigenvalue weighted by Crippen LogP contribution is 2.40. The van der Waals surface area contributed by atoms with Crippen LogP contribution in [-0.2, 0) is 35.7 Å². The van der Waals surface area contributed by atoms with Crippen LogP contribution in [-0.4, -0.2) is 119 Å². The van der Waals surface area contributed by atoms with E-state index in [1.165, 1.54) is 16.4 Å². The summed E-state index contributed by atoms with van der Waals surface area (Å²) in [6, 6.07) is 3.93. The summed E-state index contributed by atoms with van der Waals surface area (Å²) in [5.74, 6) is 0.888. The molecule has 1 aromatic carbocycles. The van der Waals surface area contributed by atoms with Crippen molar-refractivity contribution in [1.82, 2.24) is 23.9 Å². The van der Waals surface area contributed by atoms with E-state index in [1.807, 2.05) is 0 Å². The summed E-state index contributed by atoms with van der Waals surface area (Å²) < 4.78 is 83.7. The van der Waals surface area contributed by atoms with Gasteiger partial charge >= 0.3 is 6.18 Å². The standard InChI is InChI=1S/C31H45F4N5O4S2/c1-46(43,44)39-14-8-28-26(21-39)30(36-40(28)20-25(42)19-38-10-4-22(5-11-38)9-16-41)23-2-3-27(31(33,34)35)29(18-23)45-17-15-37-12-6-24(32)7-13-37/h2-3,18,22,24-25,41-42H,4-17,19-21H2,1H3. The van der Waals surface area contributed by atoms with Crippen molar-refractivity contribution in [3.05, 3.63) is 35.0 Å². The number of hydrogen-bond donors (Lipinski definition) is 2. The van der Waals surface area contributed by atoms with Gasteiger partial charge in [0.2, 0.25) is 10.0 Å². The quantitative estimate of drug-likeness (QED) is 0.256. The molecule has 3 aliphatic rings. The molecule has 5 rings (SSSR count). The Bertz CT molecular complexity index is 1420. The number of hydrogen-bond acceptors (Lipinski definition) is 8. The van der Waals surface area contributed by atoms with Crippen LogP contribution in [0.1, 0.15) is 48.9 Å². The van der Waals surface area contributed by atoms with Crippen LogP contribution in [0, 0.1) is 5.92 Å². The molecule has 15 heteroatoms. The van der Waals surface area contributed by atoms with Crippen molar-refractivity contribution in [2.45, 2.75) is 75.0 Å². The van der Waals surface area contributed by atoms with Crippen LogP contribution in [0.4, 0.5) is 17.6 Å². The van der Waals surface area contributed by atoms with Gasteiger partial charge in [0, 0.05) is 79.8 Å². The number of aliphatic hydroxyl groups excluding tert-OH is 2. The fraction of sp³-hybridized carbons (Fsp3) is 0.710. The number of piperidine rings is 2. The number of β-amino-alcohol motifs (C(OH)–C–C–N with tert-alkyl or cyclic N) is 1. The van der Waals surface area contributed by atoms with Crippen molar-refractivity contribution in [3.63, 3.8) is 0 Å². The molecule has 0 saturated carbocycles. The molecule has 2 fully saturated rings. The van der Waals surface area contributed by atoms with Crippen molar-refractivity contribution in [3.8, 4) is 11.3 Å². The molecule has 46 heavy (non-hydrogen) atoms. The molecule has 0 aliphatic carbocycles. The molecular weight excluding hydrogens is 646 g/mol. The zero-order valence-electron chi connectivity index (χ0n) is 26.3. The predicted molar refractivity (Wildman–Crippen MR) is 170 cm³/mol. The zero-order chi connectivity index (χ0) is 33.1. The SMILES string of the molecule is CS(=O)(=O)N1CCc2c(c(-c3ccc(C(F)(F)F)c(SCCN4CCC(F)CC4)c3)nn2CC(O)CN2CCC(CCO)CC2)C1. The molecule has 9 nitrogen and oxygen atoms in total. The Morgan fingerprint density at radius 1 is 1.04 bits per heavy atom. The Labute approximate surface area is 273 Å². The van der Waals surface area contributed by atoms with E-state index in [1.54, 1.807) is 4.68 Å². The molecule has 258 valence electrons. The third-order valence-corrected chi connectivity index (χ3v) is 11.7. The fourth-order valence-corrected chi connectivity index (χ4v) is 8.67. The molecule has 3 aliphatic heterocycles. The molecule has 1 aromatic heterocycles. The van der Waals surface area contributed by atoms with Crippen LogP contribution in [0.25, 0.3) is 11.3 Å². The van der Waals surface area contributed by atoms with Gasteiger partial charge in [-0.25, -0.2) is 12.8 Å². The number of benzene rings is 1. The van der Waals surface area contributed by atoms with E-state index in [0.29, 0.717) is 73.9 Å². The van der Waals surface area contributed by atoms with Gasteiger partial charge in [-0.2, -0.15) is 22.6 Å². The van der Waals surface area contributed by atoms with Gasteiger partial charge in [0.05, 0.1) is 30.2 Å². The number of nitrogens with zero attached hydrogens (tertiary/aromatic N) is 5. The van der Waals surface area contributed by atoms with E-state index in [2.05, 4.69) is 9.80 Å². The van der Waals surface area contributed by atoms with Gasteiger partial charge in [-0.15, -0.1) is 11.8 Å². The summed E-state index contributed by atoms with van der Waals surface area (Å²) in [6.45, 7) is 4.46. The lowest BCUT2D eigenvalue weighted by molar-refractivity contribution is -0.139. The Hall–Kier alpha value is -1.75. The number of aliphatic hydroxyl groups is 2. The second-order valence-electron chi connectivity index (χ2n) is 12.8. The van der Waals surface area contributed by atoms with Crippen molar-refractivity contribution in [2.24, 2.45) is 5.92 Å². The van der Waals surface area contributed by atoms with Gasteiger partial charge in [-0.1, -0.05) is 6.07 Å². The van der Waals surface area contributed by atoms with Crippen LogP contribution >= 0.6 is 11.8 Å². The van der Waals surface area contributed by atoms with E-state index in [9.17, 15) is 36.2 Å². The van der Waals surface area contributed by atoms with Gasteiger partial charge in [-0.3, -0.25) is 4.68 Å². The maximum Gasteiger partial charge on any atom is 0.417 e. The van der Waals surface area contributed by atoms with Crippen LogP contribution in [0.15, 0.2) is 23.1 Å². The zero-order valence-corrected chi connectivity index (χ0v) is 27.9. The minimum absolute atomic E-state index is 0.0476. The smallest absolute Gasteiger partial charge is 0.396 e. The second kappa shape index (κ2) is 15.2. The summed E-state index contributed by atoms with van der Waals surface area (Å²) in [5, 5.41) is 25.1. The number of thioether (sulfide) groups is 1. The van der Waals surface area contributed by atoms with Gasteiger partial charge in [0.15, 0.2) is 0 Å². The van der Waals surface area contributed by atoms with E-state index < -0.39 is 34.0 Å². The molecule has 0 amide bonds. The topological polar surface area (TPSA) is 102 Å². The van der Waals surface area contributed by atoms with Crippen molar-refractivity contribution < 1.29 is 36.2 Å². The minimum Gasteiger partial charge on any atom is -0.396 e. The molecule has 4 heterocycles. The monoisotopic (exact) mass is 691 g/mol. The van der Waals surface area contributed by atoms with Crippen molar-refractivity contribution in [1.29, 1.82) is 0 Å². The van der Waals surface area contributed by atoms with Gasteiger partial charge in [0.25, 0.3) is 0 Å². The van der Waals surface area contributed by atoms with Crippen LogP contribution < -0.4 is 0 Å². The Kier molecular flexibility index (Phi) is 11.8. The summed E-state index contributed by atoms with van der Waals surface area (Å²) in [7, 11) is -3.53. The highest BCUT2D eigenvalue weighted by molar-refractivity contribution is 7.99. The van der Waals surface area contributed by atoms with Crippen LogP contribution in [0.2, 0.25) is 0 Å². The lowest BCUT2D eigenvalue weighted by Gasteiger charge is -2.33. The maximum absolute atomic E-state index is 14.1. The number of aromatic nitrogens is 2. The minimum atomic E-state index is -4.56. The first-order valence-electron chi connectivity index (χ1n) is 16.1. The molecule has 0 bridgehead atoms. The Balaban J connectivity index is 1.38. The molecule has 2 aromatic rings. The van der Waals surface area contributed by atoms with E-state index in [0.717, 1.165) is 62.1 Å². The first-order chi connectivity index (χ1) is 21.8. The number of alkyl halides is 4. The number of rotatable bonds is 12. The summed E-state index contributed by atoms with van der Waals surface area (Å²) in [6.07, 6.45) is -1.06. The average Bonchev–Trinajstić information content (AvgIpc) is 3.35. The van der Waals surface area contributed by atoms with Crippen molar-refractivity contribution >= 4 is 21.8 Å². The molecule has 2 saturated heterocycles. The third-order valence-electron chi connectivity index (χ3n) is 9.41. The molecular formula is C31H45F4N5O4S2. The second-order valence-corrected chi connectivity index (χ2v) is 15.9. The summed E-state index contributed by atoms with van der Waals surface area (Å²) >= 11 is 1.10. The molecule has 0 radical (unpaired) electrons. The normalized spacial score (nSPS) is 20.7. The van der Waals surface area contributed by atoms with Crippen LogP contribution in [0.5, 0.6) is 0 Å². The largest absolute Gasteiger partial charge is 0.417 e. The highest BCUT2D eigenvalue weighted by Gasteiger charge is 2.35. The molecule has 0 spiro atoms. The number of sulfonamides is 1. The molecule has 1 unspecified atom stereocenters. The fourth-order valence-electron chi connectivity index (χ4n) is 6.76. The summed E-state index contributed by atoms with van der Waals surface area (Å²) in [4.78, 5) is 4.33. The van der Waals surface area contributed by atoms with Gasteiger partial charge in [0.1, 0.15) is 6.17 Å². The third kappa shape index (κ3) is 9.03. The van der Waals surface area contributed by atoms with Gasteiger partial charge in [-0.05, 0) is 63.2 Å². The molecule has 1 atom stereocenters. The predicted octanol–water partition coefficient (Wildman–Crippen LogP) is 3.87. The average molecular weight is 692 g/mol. The first-order valence-corrected chi connectivity index (χ1v) is 18.9. The van der Waals surface area contributed by atoms with Gasteiger partial charge < -0.3 is 20.0 Å². The number of halogens is 4. The Morgan fingerprint density at radius 2 is 1.74 bits per heavy atom. The van der Waals surface area contributed by atoms with Crippen LogP contribution in [0.3, 0.4) is 0 Å². The highest BCUT2D eigenvalue weighted by atomic mass is 32.2. The lowest BCUT2D eigenvalue weighted by Crippen LogP contribution is -2.41. The van der Waals surface area contributed by atoms with E-state index in [-0.39, 0.29) is 31.1 Å². The summed E-state index contributed by atoms with van der Waals surface area (Å²) in [5.41, 5.74) is 1.55. The number of fused-ring (bicyclic) bond motifs is 1. The first kappa shape index (κ1) is 35.6. The number of likely N-dealkylation sites (tertiary alicyclic amines) is 2. The van der Waals surface area contributed by atoms with E-state index >= 15 is 0 Å². The Morgan fingerprint density at radius 3 is 2.39 bits per heavy atom. The van der Waals surface area contributed by atoms with Crippen molar-refractivity contribution in [2.75, 3.05) is 64.4 Å². The lowest BCUT2D eigenvalue weighted by atomic mass is 9.94.